The van der Waals surface area contributed by atoms with Gasteiger partial charge in [-0.05, 0) is 47.9 Å². The predicted molar refractivity (Wildman–Crippen MR) is 87.4 cm³/mol. The third kappa shape index (κ3) is 3.01. The summed E-state index contributed by atoms with van der Waals surface area (Å²) in [6.07, 6.45) is 1.73. The van der Waals surface area contributed by atoms with Crippen molar-refractivity contribution >= 4 is 22.5 Å². The molecule has 1 aromatic heterocycles. The van der Waals surface area contributed by atoms with Gasteiger partial charge in [0.05, 0.1) is 5.52 Å². The summed E-state index contributed by atoms with van der Waals surface area (Å²) in [5.41, 5.74) is 2.13. The summed E-state index contributed by atoms with van der Waals surface area (Å²) >= 11 is 6.00. The van der Waals surface area contributed by atoms with Gasteiger partial charge in [-0.25, -0.2) is 0 Å². The first-order valence-electron chi connectivity index (χ1n) is 6.95. The van der Waals surface area contributed by atoms with E-state index in [-0.39, 0.29) is 0 Å². The van der Waals surface area contributed by atoms with E-state index in [0.29, 0.717) is 10.9 Å². The van der Waals surface area contributed by atoms with Crippen molar-refractivity contribution in [1.29, 1.82) is 0 Å². The Morgan fingerprint density at radius 2 is 1.76 bits per heavy atom. The first-order valence-corrected chi connectivity index (χ1v) is 7.33. The Bertz CT molecular complexity index is 766. The molecule has 0 saturated carbocycles. The molecule has 2 nitrogen and oxygen atoms in total. The summed E-state index contributed by atoms with van der Waals surface area (Å²) in [6, 6.07) is 15.7. The number of hydrogen-bond donors (Lipinski definition) is 0. The number of hydrogen-bond acceptors (Lipinski definition) is 2. The quantitative estimate of drug-likeness (QED) is 0.609. The van der Waals surface area contributed by atoms with Crippen LogP contribution in [0.4, 0.5) is 0 Å². The summed E-state index contributed by atoms with van der Waals surface area (Å²) in [5, 5.41) is 1.63. The largest absolute Gasteiger partial charge is 0.457 e. The molecule has 0 fully saturated rings. The van der Waals surface area contributed by atoms with E-state index in [1.807, 2.05) is 36.4 Å². The summed E-state index contributed by atoms with van der Waals surface area (Å²) in [6.45, 7) is 4.35. The van der Waals surface area contributed by atoms with Crippen LogP contribution in [0.1, 0.15) is 25.3 Å². The van der Waals surface area contributed by atoms with E-state index in [0.717, 1.165) is 22.4 Å². The zero-order valence-corrected chi connectivity index (χ0v) is 12.8. The van der Waals surface area contributed by atoms with Crippen LogP contribution in [0.25, 0.3) is 10.9 Å². The van der Waals surface area contributed by atoms with Crippen LogP contribution >= 0.6 is 11.6 Å². The van der Waals surface area contributed by atoms with Crippen LogP contribution in [0.3, 0.4) is 0 Å². The number of aromatic nitrogens is 1. The van der Waals surface area contributed by atoms with Gasteiger partial charge >= 0.3 is 0 Å². The molecule has 0 atom stereocenters. The Balaban J connectivity index is 1.94. The molecule has 0 aliphatic carbocycles. The van der Waals surface area contributed by atoms with E-state index in [1.54, 1.807) is 6.20 Å². The maximum absolute atomic E-state index is 6.00. The van der Waals surface area contributed by atoms with Crippen LogP contribution in [0.5, 0.6) is 11.5 Å². The van der Waals surface area contributed by atoms with E-state index in [4.69, 9.17) is 16.3 Å². The first-order chi connectivity index (χ1) is 10.1. The zero-order chi connectivity index (χ0) is 14.8. The van der Waals surface area contributed by atoms with Gasteiger partial charge < -0.3 is 4.74 Å². The van der Waals surface area contributed by atoms with Crippen molar-refractivity contribution in [3.8, 4) is 11.5 Å². The van der Waals surface area contributed by atoms with Crippen molar-refractivity contribution in [2.75, 3.05) is 0 Å². The van der Waals surface area contributed by atoms with E-state index < -0.39 is 0 Å². The fraction of sp³-hybridized carbons (Fsp3) is 0.167. The van der Waals surface area contributed by atoms with Crippen molar-refractivity contribution < 1.29 is 4.74 Å². The molecule has 0 bridgehead atoms. The van der Waals surface area contributed by atoms with Gasteiger partial charge in [-0.3, -0.25) is 4.98 Å². The molecule has 0 spiro atoms. The van der Waals surface area contributed by atoms with Crippen molar-refractivity contribution in [3.63, 3.8) is 0 Å². The smallest absolute Gasteiger partial charge is 0.138 e. The van der Waals surface area contributed by atoms with E-state index in [2.05, 4.69) is 31.0 Å². The monoisotopic (exact) mass is 297 g/mol. The van der Waals surface area contributed by atoms with Crippen LogP contribution in [-0.2, 0) is 0 Å². The van der Waals surface area contributed by atoms with Crippen molar-refractivity contribution in [1.82, 2.24) is 4.98 Å². The molecule has 1 heterocycles. The lowest BCUT2D eigenvalue weighted by atomic mass is 10.0. The average molecular weight is 298 g/mol. The molecule has 0 radical (unpaired) electrons. The molecule has 3 heteroatoms. The average Bonchev–Trinajstić information content (AvgIpc) is 2.47. The van der Waals surface area contributed by atoms with Gasteiger partial charge in [0.15, 0.2) is 0 Å². The van der Waals surface area contributed by atoms with Crippen LogP contribution in [0.15, 0.2) is 54.7 Å². The second-order valence-electron chi connectivity index (χ2n) is 5.30. The lowest BCUT2D eigenvalue weighted by molar-refractivity contribution is 0.487. The standard InChI is InChI=1S/C18H16ClNO/c1-12(2)13-3-6-15(7-4-13)21-18-9-10-20-17-11-14(19)5-8-16(17)18/h3-12H,1-2H3. The van der Waals surface area contributed by atoms with Gasteiger partial charge in [0.2, 0.25) is 0 Å². The molecule has 0 N–H and O–H groups in total. The minimum Gasteiger partial charge on any atom is -0.457 e. The maximum Gasteiger partial charge on any atom is 0.138 e. The van der Waals surface area contributed by atoms with Crippen LogP contribution in [-0.4, -0.2) is 4.98 Å². The maximum atomic E-state index is 6.00. The summed E-state index contributed by atoms with van der Waals surface area (Å²) < 4.78 is 5.98. The molecule has 3 rings (SSSR count). The lowest BCUT2D eigenvalue weighted by Crippen LogP contribution is -1.90. The van der Waals surface area contributed by atoms with Crippen LogP contribution < -0.4 is 4.74 Å². The second kappa shape index (κ2) is 5.74. The van der Waals surface area contributed by atoms with Crippen molar-refractivity contribution in [3.05, 3.63) is 65.3 Å². The zero-order valence-electron chi connectivity index (χ0n) is 12.0. The Morgan fingerprint density at radius 3 is 2.48 bits per heavy atom. The van der Waals surface area contributed by atoms with E-state index in [1.165, 1.54) is 5.56 Å². The minimum atomic E-state index is 0.517. The highest BCUT2D eigenvalue weighted by Crippen LogP contribution is 2.30. The molecule has 0 unspecified atom stereocenters. The molecular formula is C18H16ClNO. The number of ether oxygens (including phenoxy) is 1. The summed E-state index contributed by atoms with van der Waals surface area (Å²) in [7, 11) is 0. The highest BCUT2D eigenvalue weighted by molar-refractivity contribution is 6.31. The topological polar surface area (TPSA) is 22.1 Å². The molecular weight excluding hydrogens is 282 g/mol. The number of rotatable bonds is 3. The SMILES string of the molecule is CC(C)c1ccc(Oc2ccnc3cc(Cl)ccc23)cc1. The van der Waals surface area contributed by atoms with Gasteiger partial charge in [0.1, 0.15) is 11.5 Å². The third-order valence-electron chi connectivity index (χ3n) is 3.44. The molecule has 21 heavy (non-hydrogen) atoms. The molecule has 3 aromatic rings. The molecule has 0 saturated heterocycles. The molecule has 0 aliphatic rings. The summed E-state index contributed by atoms with van der Waals surface area (Å²) in [4.78, 5) is 4.32. The van der Waals surface area contributed by atoms with Crippen LogP contribution in [0, 0.1) is 0 Å². The lowest BCUT2D eigenvalue weighted by Gasteiger charge is -2.10. The Kier molecular flexibility index (Phi) is 3.80. The molecule has 106 valence electrons. The van der Waals surface area contributed by atoms with E-state index in [9.17, 15) is 0 Å². The molecule has 0 aliphatic heterocycles. The number of nitrogens with zero attached hydrogens (tertiary/aromatic N) is 1. The fourth-order valence-electron chi connectivity index (χ4n) is 2.23. The van der Waals surface area contributed by atoms with Gasteiger partial charge in [0.25, 0.3) is 0 Å². The van der Waals surface area contributed by atoms with Crippen LogP contribution in [0.2, 0.25) is 5.02 Å². The highest BCUT2D eigenvalue weighted by Gasteiger charge is 2.06. The van der Waals surface area contributed by atoms with Gasteiger partial charge in [-0.1, -0.05) is 37.6 Å². The Hall–Kier alpha value is -2.06. The van der Waals surface area contributed by atoms with Crippen molar-refractivity contribution in [2.45, 2.75) is 19.8 Å². The number of halogens is 1. The molecule has 0 amide bonds. The van der Waals surface area contributed by atoms with Gasteiger partial charge in [-0.2, -0.15) is 0 Å². The van der Waals surface area contributed by atoms with E-state index >= 15 is 0 Å². The Morgan fingerprint density at radius 1 is 1.00 bits per heavy atom. The molecule has 2 aromatic carbocycles. The van der Waals surface area contributed by atoms with Crippen molar-refractivity contribution in [2.24, 2.45) is 0 Å². The van der Waals surface area contributed by atoms with Gasteiger partial charge in [0, 0.05) is 16.6 Å². The minimum absolute atomic E-state index is 0.517. The second-order valence-corrected chi connectivity index (χ2v) is 5.73. The van der Waals surface area contributed by atoms with Gasteiger partial charge in [-0.15, -0.1) is 0 Å². The summed E-state index contributed by atoms with van der Waals surface area (Å²) in [5.74, 6) is 2.12. The first kappa shape index (κ1) is 13.9. The number of benzene rings is 2. The fourth-order valence-corrected chi connectivity index (χ4v) is 2.40. The normalized spacial score (nSPS) is 11.0. The number of fused-ring (bicyclic) bond motifs is 1. The predicted octanol–water partition coefficient (Wildman–Crippen LogP) is 5.80. The number of pyridine rings is 1. The Labute approximate surface area is 129 Å². The third-order valence-corrected chi connectivity index (χ3v) is 3.67. The highest BCUT2D eigenvalue weighted by atomic mass is 35.5.